The van der Waals surface area contributed by atoms with Gasteiger partial charge in [0.25, 0.3) is 0 Å². The largest absolute Gasteiger partial charge is 0.495 e. The zero-order valence-corrected chi connectivity index (χ0v) is 19.0. The van der Waals surface area contributed by atoms with Gasteiger partial charge in [0.1, 0.15) is 10.6 Å². The van der Waals surface area contributed by atoms with Crippen molar-refractivity contribution in [1.82, 2.24) is 9.62 Å². The van der Waals surface area contributed by atoms with Gasteiger partial charge in [-0.3, -0.25) is 4.79 Å². The first-order valence-corrected chi connectivity index (χ1v) is 10.8. The summed E-state index contributed by atoms with van der Waals surface area (Å²) in [6, 6.07) is 9.17. The Bertz CT molecular complexity index is 1010. The zero-order valence-electron chi connectivity index (χ0n) is 17.4. The summed E-state index contributed by atoms with van der Waals surface area (Å²) in [7, 11) is 1.74. The van der Waals surface area contributed by atoms with Gasteiger partial charge in [-0.25, -0.2) is 8.42 Å². The molecule has 1 atom stereocenters. The molecule has 2 aromatic carbocycles. The lowest BCUT2D eigenvalue weighted by Gasteiger charge is -2.21. The van der Waals surface area contributed by atoms with Crippen LogP contribution in [0.5, 0.6) is 17.2 Å². The number of carbonyl (C=O) groups excluding carboxylic acids is 1. The highest BCUT2D eigenvalue weighted by Gasteiger charge is 2.27. The van der Waals surface area contributed by atoms with Gasteiger partial charge in [0, 0.05) is 12.1 Å². The van der Waals surface area contributed by atoms with E-state index < -0.39 is 15.9 Å². The average molecular weight is 457 g/mol. The molecule has 0 bridgehead atoms. The Morgan fingerprint density at radius 1 is 1.03 bits per heavy atom. The van der Waals surface area contributed by atoms with Crippen molar-refractivity contribution < 1.29 is 27.4 Å². The predicted octanol–water partition coefficient (Wildman–Crippen LogP) is 2.86. The molecule has 1 N–H and O–H groups in total. The maximum Gasteiger partial charge on any atom is 0.247 e. The first kappa shape index (κ1) is 23.8. The third kappa shape index (κ3) is 5.35. The van der Waals surface area contributed by atoms with Crippen LogP contribution >= 0.6 is 11.6 Å². The number of nitrogens with one attached hydrogen (secondary N) is 1. The van der Waals surface area contributed by atoms with Gasteiger partial charge < -0.3 is 19.5 Å². The predicted molar refractivity (Wildman–Crippen MR) is 114 cm³/mol. The molecule has 8 nitrogen and oxygen atoms in total. The standard InChI is InChI=1S/C20H25ClN2O6S/c1-13(14-6-8-16(27-3)18(10-14)29-5)22-20(24)12-23(2)30(25,26)19-11-15(21)7-9-17(19)28-4/h6-11,13H,12H2,1-5H3,(H,22,24)/t13-/m1/s1. The second-order valence-electron chi connectivity index (χ2n) is 6.46. The third-order valence-electron chi connectivity index (χ3n) is 4.47. The van der Waals surface area contributed by atoms with Gasteiger partial charge >= 0.3 is 0 Å². The van der Waals surface area contributed by atoms with Crippen LogP contribution in [0.1, 0.15) is 18.5 Å². The molecule has 0 aliphatic heterocycles. The van der Waals surface area contributed by atoms with Crippen LogP contribution in [-0.4, -0.2) is 53.6 Å². The number of ether oxygens (including phenoxy) is 3. The molecule has 0 saturated heterocycles. The van der Waals surface area contributed by atoms with Crippen molar-refractivity contribution in [3.05, 3.63) is 47.0 Å². The smallest absolute Gasteiger partial charge is 0.247 e. The van der Waals surface area contributed by atoms with Crippen LogP contribution < -0.4 is 19.5 Å². The summed E-state index contributed by atoms with van der Waals surface area (Å²) in [6.45, 7) is 1.41. The van der Waals surface area contributed by atoms with Gasteiger partial charge in [0.2, 0.25) is 15.9 Å². The Morgan fingerprint density at radius 2 is 1.63 bits per heavy atom. The minimum absolute atomic E-state index is 0.110. The van der Waals surface area contributed by atoms with Crippen molar-refractivity contribution in [2.75, 3.05) is 34.9 Å². The fraction of sp³-hybridized carbons (Fsp3) is 0.350. The topological polar surface area (TPSA) is 94.2 Å². The molecule has 30 heavy (non-hydrogen) atoms. The van der Waals surface area contributed by atoms with Gasteiger partial charge in [0.15, 0.2) is 11.5 Å². The molecule has 0 heterocycles. The fourth-order valence-corrected chi connectivity index (χ4v) is 4.34. The summed E-state index contributed by atoms with van der Waals surface area (Å²) in [5, 5.41) is 3.03. The van der Waals surface area contributed by atoms with Gasteiger partial charge in [0.05, 0.1) is 33.9 Å². The van der Waals surface area contributed by atoms with Crippen molar-refractivity contribution in [1.29, 1.82) is 0 Å². The van der Waals surface area contributed by atoms with Gasteiger partial charge in [-0.1, -0.05) is 17.7 Å². The van der Waals surface area contributed by atoms with Crippen molar-refractivity contribution in [2.24, 2.45) is 0 Å². The van der Waals surface area contributed by atoms with Crippen molar-refractivity contribution >= 4 is 27.5 Å². The van der Waals surface area contributed by atoms with Crippen LogP contribution in [0, 0.1) is 0 Å². The summed E-state index contributed by atoms with van der Waals surface area (Å²) < 4.78 is 42.3. The van der Waals surface area contributed by atoms with E-state index in [1.807, 2.05) is 0 Å². The van der Waals surface area contributed by atoms with Crippen LogP contribution in [0.15, 0.2) is 41.3 Å². The number of amides is 1. The van der Waals surface area contributed by atoms with E-state index in [-0.39, 0.29) is 28.3 Å². The van der Waals surface area contributed by atoms with E-state index in [1.165, 1.54) is 46.6 Å². The molecular weight excluding hydrogens is 432 g/mol. The number of nitrogens with zero attached hydrogens (tertiary/aromatic N) is 1. The second-order valence-corrected chi connectivity index (χ2v) is 8.91. The lowest BCUT2D eigenvalue weighted by atomic mass is 10.1. The lowest BCUT2D eigenvalue weighted by Crippen LogP contribution is -2.39. The van der Waals surface area contributed by atoms with Gasteiger partial charge in [-0.2, -0.15) is 4.31 Å². The molecule has 10 heteroatoms. The summed E-state index contributed by atoms with van der Waals surface area (Å²) in [6.07, 6.45) is 0. The molecule has 0 aliphatic carbocycles. The van der Waals surface area contributed by atoms with Gasteiger partial charge in [-0.05, 0) is 42.8 Å². The van der Waals surface area contributed by atoms with E-state index in [0.717, 1.165) is 9.87 Å². The molecule has 0 radical (unpaired) electrons. The van der Waals surface area contributed by atoms with Crippen LogP contribution in [0.3, 0.4) is 0 Å². The second kappa shape index (κ2) is 10.0. The fourth-order valence-electron chi connectivity index (χ4n) is 2.80. The van der Waals surface area contributed by atoms with Crippen LogP contribution in [-0.2, 0) is 14.8 Å². The molecular formula is C20H25ClN2O6S. The zero-order chi connectivity index (χ0) is 22.5. The first-order chi connectivity index (χ1) is 14.1. The Labute approximate surface area is 181 Å². The number of rotatable bonds is 9. The molecule has 0 aromatic heterocycles. The summed E-state index contributed by atoms with van der Waals surface area (Å²) in [5.41, 5.74) is 0.781. The number of benzene rings is 2. The van der Waals surface area contributed by atoms with E-state index >= 15 is 0 Å². The number of hydrogen-bond acceptors (Lipinski definition) is 6. The van der Waals surface area contributed by atoms with E-state index in [2.05, 4.69) is 5.32 Å². The molecule has 0 aliphatic rings. The van der Waals surface area contributed by atoms with Crippen LogP contribution in [0.4, 0.5) is 0 Å². The quantitative estimate of drug-likeness (QED) is 0.623. The molecule has 0 saturated carbocycles. The molecule has 0 unspecified atom stereocenters. The summed E-state index contributed by atoms with van der Waals surface area (Å²) in [5.74, 6) is 0.777. The lowest BCUT2D eigenvalue weighted by molar-refractivity contribution is -0.121. The van der Waals surface area contributed by atoms with Crippen molar-refractivity contribution in [2.45, 2.75) is 17.9 Å². The number of sulfonamides is 1. The van der Waals surface area contributed by atoms with E-state index in [1.54, 1.807) is 25.1 Å². The molecule has 2 aromatic rings. The van der Waals surface area contributed by atoms with Crippen LogP contribution in [0.25, 0.3) is 0 Å². The molecule has 0 spiro atoms. The minimum Gasteiger partial charge on any atom is -0.495 e. The maximum absolute atomic E-state index is 12.9. The minimum atomic E-state index is -3.99. The molecule has 164 valence electrons. The molecule has 0 fully saturated rings. The molecule has 1 amide bonds. The number of hydrogen-bond donors (Lipinski definition) is 1. The highest BCUT2D eigenvalue weighted by molar-refractivity contribution is 7.89. The Kier molecular flexibility index (Phi) is 7.94. The normalized spacial score (nSPS) is 12.4. The third-order valence-corrected chi connectivity index (χ3v) is 6.52. The summed E-state index contributed by atoms with van der Waals surface area (Å²) >= 11 is 5.94. The number of likely N-dealkylation sites (N-methyl/N-ethyl adjacent to an activating group) is 1. The Balaban J connectivity index is 2.13. The van der Waals surface area contributed by atoms with Crippen molar-refractivity contribution in [3.63, 3.8) is 0 Å². The highest BCUT2D eigenvalue weighted by atomic mass is 35.5. The number of carbonyl (C=O) groups is 1. The SMILES string of the molecule is COc1ccc([C@@H](C)NC(=O)CN(C)S(=O)(=O)c2cc(Cl)ccc2OC)cc1OC. The van der Waals surface area contributed by atoms with Gasteiger partial charge in [-0.15, -0.1) is 0 Å². The highest BCUT2D eigenvalue weighted by Crippen LogP contribution is 2.30. The monoisotopic (exact) mass is 456 g/mol. The van der Waals surface area contributed by atoms with E-state index in [4.69, 9.17) is 25.8 Å². The number of methoxy groups -OCH3 is 3. The van der Waals surface area contributed by atoms with Crippen molar-refractivity contribution in [3.8, 4) is 17.2 Å². The Morgan fingerprint density at radius 3 is 2.23 bits per heavy atom. The molecule has 2 rings (SSSR count). The van der Waals surface area contributed by atoms with E-state index in [0.29, 0.717) is 11.5 Å². The van der Waals surface area contributed by atoms with Crippen LogP contribution in [0.2, 0.25) is 5.02 Å². The first-order valence-electron chi connectivity index (χ1n) is 8.95. The summed E-state index contributed by atoms with van der Waals surface area (Å²) in [4.78, 5) is 12.4. The maximum atomic E-state index is 12.9. The average Bonchev–Trinajstić information content (AvgIpc) is 2.72. The Hall–Kier alpha value is -2.49. The van der Waals surface area contributed by atoms with E-state index in [9.17, 15) is 13.2 Å². The number of halogens is 1.